The summed E-state index contributed by atoms with van der Waals surface area (Å²) in [6.45, 7) is 1.47. The Morgan fingerprint density at radius 2 is 2.27 bits per heavy atom. The summed E-state index contributed by atoms with van der Waals surface area (Å²) in [4.78, 5) is 12.3. The number of aromatic nitrogens is 2. The molecule has 0 atom stereocenters. The van der Waals surface area contributed by atoms with Crippen molar-refractivity contribution in [2.24, 2.45) is 0 Å². The summed E-state index contributed by atoms with van der Waals surface area (Å²) in [5.74, 6) is -0.360. The Hall–Kier alpha value is -1.85. The van der Waals surface area contributed by atoms with Crippen LogP contribution in [-0.2, 0) is 11.3 Å². The Kier molecular flexibility index (Phi) is 3.08. The van der Waals surface area contributed by atoms with Crippen LogP contribution in [-0.4, -0.2) is 35.0 Å². The summed E-state index contributed by atoms with van der Waals surface area (Å²) < 4.78 is 1.17. The average molecular weight is 210 g/mol. The zero-order valence-corrected chi connectivity index (χ0v) is 8.98. The van der Waals surface area contributed by atoms with Crippen molar-refractivity contribution >= 4 is 11.8 Å². The molecular formula is C9H14N4O2. The highest BCUT2D eigenvalue weighted by Crippen LogP contribution is 2.04. The number of carboxylic acids is 1. The lowest BCUT2D eigenvalue weighted by Gasteiger charge is -2.14. The zero-order valence-electron chi connectivity index (χ0n) is 8.98. The highest BCUT2D eigenvalue weighted by Gasteiger charge is 2.06. The second kappa shape index (κ2) is 4.12. The molecule has 0 saturated heterocycles. The molecule has 15 heavy (non-hydrogen) atoms. The highest BCUT2D eigenvalue weighted by molar-refractivity contribution is 5.66. The standard InChI is InChI=1S/C9H14N4O2/c1-6-4-7(12(2)3)11-13(9(6)10)5-8(14)15/h4,10H,5H2,1-3H3,(H,14,15). The molecule has 0 spiro atoms. The first-order valence-corrected chi connectivity index (χ1v) is 4.44. The molecule has 0 saturated carbocycles. The third kappa shape index (κ3) is 2.55. The van der Waals surface area contributed by atoms with Crippen molar-refractivity contribution in [3.05, 3.63) is 17.1 Å². The molecule has 1 aromatic rings. The minimum Gasteiger partial charge on any atom is -0.480 e. The van der Waals surface area contributed by atoms with E-state index in [0.717, 1.165) is 0 Å². The predicted molar refractivity (Wildman–Crippen MR) is 54.8 cm³/mol. The van der Waals surface area contributed by atoms with Gasteiger partial charge in [-0.25, -0.2) is 4.68 Å². The van der Waals surface area contributed by atoms with Crippen LogP contribution < -0.4 is 10.4 Å². The number of anilines is 1. The summed E-state index contributed by atoms with van der Waals surface area (Å²) in [6.07, 6.45) is 0. The molecule has 0 aromatic carbocycles. The van der Waals surface area contributed by atoms with E-state index in [1.807, 2.05) is 14.1 Å². The van der Waals surface area contributed by atoms with Crippen LogP contribution in [0.4, 0.5) is 5.82 Å². The van der Waals surface area contributed by atoms with Gasteiger partial charge in [0.2, 0.25) is 0 Å². The van der Waals surface area contributed by atoms with Crippen molar-refractivity contribution in [1.82, 2.24) is 9.78 Å². The van der Waals surface area contributed by atoms with Crippen molar-refractivity contribution in [2.75, 3.05) is 19.0 Å². The van der Waals surface area contributed by atoms with Gasteiger partial charge >= 0.3 is 5.97 Å². The molecule has 0 aliphatic carbocycles. The van der Waals surface area contributed by atoms with Gasteiger partial charge in [-0.05, 0) is 18.6 Å². The van der Waals surface area contributed by atoms with Crippen LogP contribution in [0.25, 0.3) is 0 Å². The molecule has 2 N–H and O–H groups in total. The van der Waals surface area contributed by atoms with Gasteiger partial charge in [0.15, 0.2) is 0 Å². The van der Waals surface area contributed by atoms with Crippen LogP contribution >= 0.6 is 0 Å². The van der Waals surface area contributed by atoms with Gasteiger partial charge in [-0.3, -0.25) is 10.2 Å². The molecule has 1 heterocycles. The lowest BCUT2D eigenvalue weighted by atomic mass is 10.3. The SMILES string of the molecule is Cc1cc(N(C)C)nn(CC(=O)O)c1=N. The van der Waals surface area contributed by atoms with Crippen LogP contribution in [0.5, 0.6) is 0 Å². The van der Waals surface area contributed by atoms with E-state index >= 15 is 0 Å². The van der Waals surface area contributed by atoms with Gasteiger partial charge in [0.05, 0.1) is 0 Å². The first-order valence-electron chi connectivity index (χ1n) is 4.44. The minimum absolute atomic E-state index is 0.128. The molecule has 6 nitrogen and oxygen atoms in total. The Bertz CT molecular complexity index is 436. The van der Waals surface area contributed by atoms with E-state index in [1.165, 1.54) is 4.68 Å². The van der Waals surface area contributed by atoms with Gasteiger partial charge in [-0.15, -0.1) is 0 Å². The van der Waals surface area contributed by atoms with E-state index in [2.05, 4.69) is 5.10 Å². The fourth-order valence-corrected chi connectivity index (χ4v) is 1.13. The van der Waals surface area contributed by atoms with E-state index in [4.69, 9.17) is 10.5 Å². The Morgan fingerprint density at radius 1 is 1.67 bits per heavy atom. The normalized spacial score (nSPS) is 10.1. The fourth-order valence-electron chi connectivity index (χ4n) is 1.13. The molecule has 0 bridgehead atoms. The number of hydrogen-bond donors (Lipinski definition) is 2. The average Bonchev–Trinajstić information content (AvgIpc) is 2.11. The molecule has 0 radical (unpaired) electrons. The summed E-state index contributed by atoms with van der Waals surface area (Å²) in [7, 11) is 3.63. The van der Waals surface area contributed by atoms with Crippen LogP contribution in [0.2, 0.25) is 0 Å². The molecule has 0 amide bonds. The summed E-state index contributed by atoms with van der Waals surface area (Å²) in [6, 6.07) is 1.75. The number of carbonyl (C=O) groups is 1. The van der Waals surface area contributed by atoms with Gasteiger partial charge in [0.25, 0.3) is 0 Å². The Balaban J connectivity index is 3.25. The topological polar surface area (TPSA) is 82.2 Å². The molecule has 0 aliphatic heterocycles. The monoisotopic (exact) mass is 210 g/mol. The van der Waals surface area contributed by atoms with E-state index in [1.54, 1.807) is 17.9 Å². The van der Waals surface area contributed by atoms with Crippen molar-refractivity contribution in [1.29, 1.82) is 5.41 Å². The highest BCUT2D eigenvalue weighted by atomic mass is 16.4. The summed E-state index contributed by atoms with van der Waals surface area (Å²) >= 11 is 0. The molecular weight excluding hydrogens is 196 g/mol. The molecule has 0 fully saturated rings. The number of carboxylic acid groups (broad SMARTS) is 1. The zero-order chi connectivity index (χ0) is 11.6. The fraction of sp³-hybridized carbons (Fsp3) is 0.444. The molecule has 1 aromatic heterocycles. The van der Waals surface area contributed by atoms with Gasteiger partial charge in [0, 0.05) is 14.1 Å². The van der Waals surface area contributed by atoms with E-state index in [0.29, 0.717) is 11.4 Å². The number of nitrogens with zero attached hydrogens (tertiary/aromatic N) is 3. The van der Waals surface area contributed by atoms with E-state index in [9.17, 15) is 4.79 Å². The van der Waals surface area contributed by atoms with Gasteiger partial charge in [-0.2, -0.15) is 5.10 Å². The lowest BCUT2D eigenvalue weighted by molar-refractivity contribution is -0.138. The van der Waals surface area contributed by atoms with E-state index < -0.39 is 5.97 Å². The van der Waals surface area contributed by atoms with Crippen molar-refractivity contribution in [3.8, 4) is 0 Å². The quantitative estimate of drug-likeness (QED) is 0.725. The van der Waals surface area contributed by atoms with Crippen LogP contribution in [0.15, 0.2) is 6.07 Å². The largest absolute Gasteiger partial charge is 0.480 e. The maximum Gasteiger partial charge on any atom is 0.325 e. The second-order valence-electron chi connectivity index (χ2n) is 3.48. The third-order valence-corrected chi connectivity index (χ3v) is 1.94. The van der Waals surface area contributed by atoms with Crippen molar-refractivity contribution < 1.29 is 9.90 Å². The molecule has 6 heteroatoms. The van der Waals surface area contributed by atoms with Crippen LogP contribution in [0.1, 0.15) is 5.56 Å². The number of nitrogens with one attached hydrogen (secondary N) is 1. The molecule has 0 aliphatic rings. The van der Waals surface area contributed by atoms with Crippen molar-refractivity contribution in [2.45, 2.75) is 13.5 Å². The summed E-state index contributed by atoms with van der Waals surface area (Å²) in [5.41, 5.74) is 0.831. The third-order valence-electron chi connectivity index (χ3n) is 1.94. The first-order chi connectivity index (χ1) is 6.91. The number of aliphatic carboxylic acids is 1. The van der Waals surface area contributed by atoms with Gasteiger partial charge < -0.3 is 10.0 Å². The van der Waals surface area contributed by atoms with Crippen molar-refractivity contribution in [3.63, 3.8) is 0 Å². The number of hydrogen-bond acceptors (Lipinski definition) is 4. The van der Waals surface area contributed by atoms with Gasteiger partial charge in [-0.1, -0.05) is 0 Å². The molecule has 0 unspecified atom stereocenters. The maximum atomic E-state index is 10.6. The number of aryl methyl sites for hydroxylation is 1. The minimum atomic E-state index is -1.00. The lowest BCUT2D eigenvalue weighted by Crippen LogP contribution is -2.30. The first kappa shape index (κ1) is 11.2. The van der Waals surface area contributed by atoms with E-state index in [-0.39, 0.29) is 12.0 Å². The summed E-state index contributed by atoms with van der Waals surface area (Å²) in [5, 5.41) is 20.3. The number of rotatable bonds is 3. The molecule has 82 valence electrons. The Labute approximate surface area is 87.3 Å². The van der Waals surface area contributed by atoms with Crippen LogP contribution in [0, 0.1) is 12.3 Å². The molecule has 1 rings (SSSR count). The smallest absolute Gasteiger partial charge is 0.325 e. The van der Waals surface area contributed by atoms with Gasteiger partial charge in [0.1, 0.15) is 17.9 Å². The maximum absolute atomic E-state index is 10.6. The Morgan fingerprint density at radius 3 is 2.73 bits per heavy atom. The van der Waals surface area contributed by atoms with Crippen LogP contribution in [0.3, 0.4) is 0 Å². The predicted octanol–water partition coefficient (Wildman–Crippen LogP) is -0.178. The second-order valence-corrected chi connectivity index (χ2v) is 3.48.